The molecule has 3 heteroatoms. The zero-order chi connectivity index (χ0) is 21.3. The van der Waals surface area contributed by atoms with Crippen LogP contribution in [0.2, 0.25) is 0 Å². The van der Waals surface area contributed by atoms with Gasteiger partial charge in [0.15, 0.2) is 0 Å². The normalized spacial score (nSPS) is 21.3. The number of rotatable bonds is 0. The van der Waals surface area contributed by atoms with Gasteiger partial charge in [-0.25, -0.2) is 0 Å². The summed E-state index contributed by atoms with van der Waals surface area (Å²) >= 11 is 0. The Morgan fingerprint density at radius 3 is 2.48 bits per heavy atom. The second kappa shape index (κ2) is 5.72. The molecule has 5 aromatic rings. The topological polar surface area (TPSA) is 8.17 Å². The fraction of sp³-hybridized carbons (Fsp3) is 0.200. The molecule has 156 valence electrons. The number of hydrogen-bond acceptors (Lipinski definition) is 1. The van der Waals surface area contributed by atoms with Crippen LogP contribution in [-0.2, 0) is 0 Å². The summed E-state index contributed by atoms with van der Waals surface area (Å²) < 4.78 is 2.55. The molecule has 0 saturated heterocycles. The SMILES string of the molecule is c1cc2c3c(c1)C1CCCCC1N3c1cccc3c1B2c1cccc2c4ccccc4n-3c12. The van der Waals surface area contributed by atoms with Crippen LogP contribution >= 0.6 is 0 Å². The zero-order valence-corrected chi connectivity index (χ0v) is 18.5. The summed E-state index contributed by atoms with van der Waals surface area (Å²) in [6.07, 6.45) is 5.36. The number of benzene rings is 4. The summed E-state index contributed by atoms with van der Waals surface area (Å²) in [5.74, 6) is 0.681. The monoisotopic (exact) mass is 422 g/mol. The minimum atomic E-state index is 0.308. The first-order chi connectivity index (χ1) is 16.4. The third kappa shape index (κ3) is 1.84. The molecular weight excluding hydrogens is 399 g/mol. The van der Waals surface area contributed by atoms with Gasteiger partial charge in [-0.2, -0.15) is 0 Å². The molecule has 2 nitrogen and oxygen atoms in total. The van der Waals surface area contributed by atoms with E-state index in [9.17, 15) is 0 Å². The van der Waals surface area contributed by atoms with Crippen LogP contribution in [0.3, 0.4) is 0 Å². The minimum absolute atomic E-state index is 0.308. The van der Waals surface area contributed by atoms with Gasteiger partial charge in [0.1, 0.15) is 0 Å². The molecule has 3 aliphatic heterocycles. The average molecular weight is 422 g/mol. The van der Waals surface area contributed by atoms with Gasteiger partial charge in [0.25, 0.3) is 6.71 Å². The van der Waals surface area contributed by atoms with Gasteiger partial charge in [-0.15, -0.1) is 0 Å². The highest BCUT2D eigenvalue weighted by Crippen LogP contribution is 2.52. The van der Waals surface area contributed by atoms with Crippen molar-refractivity contribution in [2.75, 3.05) is 4.90 Å². The molecule has 0 N–H and O–H groups in total. The predicted octanol–water partition coefficient (Wildman–Crippen LogP) is 5.10. The Hall–Kier alpha value is -3.46. The summed E-state index contributed by atoms with van der Waals surface area (Å²) in [5, 5.41) is 2.73. The third-order valence-electron chi connectivity index (χ3n) is 9.00. The van der Waals surface area contributed by atoms with Crippen molar-refractivity contribution in [1.82, 2.24) is 4.57 Å². The Morgan fingerprint density at radius 2 is 1.48 bits per heavy atom. The average Bonchev–Trinajstić information content (AvgIpc) is 3.39. The Kier molecular flexibility index (Phi) is 2.96. The van der Waals surface area contributed by atoms with Crippen molar-refractivity contribution in [1.29, 1.82) is 0 Å². The van der Waals surface area contributed by atoms with Crippen molar-refractivity contribution in [2.45, 2.75) is 37.6 Å². The molecule has 4 heterocycles. The quantitative estimate of drug-likeness (QED) is 0.309. The van der Waals surface area contributed by atoms with Gasteiger partial charge < -0.3 is 9.47 Å². The van der Waals surface area contributed by atoms with Gasteiger partial charge in [-0.05, 0) is 53.0 Å². The smallest absolute Gasteiger partial charge is 0.252 e. The number of anilines is 2. The maximum Gasteiger partial charge on any atom is 0.252 e. The molecule has 1 saturated carbocycles. The van der Waals surface area contributed by atoms with E-state index < -0.39 is 0 Å². The number of nitrogens with zero attached hydrogens (tertiary/aromatic N) is 2. The lowest BCUT2D eigenvalue weighted by Crippen LogP contribution is -2.61. The predicted molar refractivity (Wildman–Crippen MR) is 139 cm³/mol. The fourth-order valence-corrected chi connectivity index (χ4v) is 7.89. The summed E-state index contributed by atoms with van der Waals surface area (Å²) in [6.45, 7) is 0.308. The maximum absolute atomic E-state index is 2.76. The first-order valence-electron chi connectivity index (χ1n) is 12.5. The Labute approximate surface area is 193 Å². The second-order valence-electron chi connectivity index (χ2n) is 10.4. The third-order valence-corrected chi connectivity index (χ3v) is 9.00. The highest BCUT2D eigenvalue weighted by Gasteiger charge is 2.49. The minimum Gasteiger partial charge on any atom is -0.338 e. The van der Waals surface area contributed by atoms with Crippen molar-refractivity contribution in [3.8, 4) is 5.69 Å². The van der Waals surface area contributed by atoms with Crippen LogP contribution in [0.1, 0.15) is 37.2 Å². The molecule has 9 rings (SSSR count). The molecular formula is C30H23BN2. The number of hydrogen-bond donors (Lipinski definition) is 0. The molecule has 2 unspecified atom stereocenters. The van der Waals surface area contributed by atoms with Crippen molar-refractivity contribution in [3.63, 3.8) is 0 Å². The highest BCUT2D eigenvalue weighted by atomic mass is 15.2. The number of fused-ring (bicyclic) bond motifs is 10. The van der Waals surface area contributed by atoms with E-state index in [-0.39, 0.29) is 0 Å². The van der Waals surface area contributed by atoms with Gasteiger partial charge in [-0.1, -0.05) is 73.5 Å². The van der Waals surface area contributed by atoms with Crippen LogP contribution in [0.5, 0.6) is 0 Å². The molecule has 0 radical (unpaired) electrons. The molecule has 1 fully saturated rings. The molecule has 0 spiro atoms. The van der Waals surface area contributed by atoms with Crippen molar-refractivity contribution >= 4 is 56.3 Å². The molecule has 33 heavy (non-hydrogen) atoms. The van der Waals surface area contributed by atoms with Crippen molar-refractivity contribution < 1.29 is 0 Å². The molecule has 0 amide bonds. The molecule has 2 atom stereocenters. The van der Waals surface area contributed by atoms with Crippen LogP contribution in [0.4, 0.5) is 11.4 Å². The fourth-order valence-electron chi connectivity index (χ4n) is 7.89. The number of aromatic nitrogens is 1. The Morgan fingerprint density at radius 1 is 0.697 bits per heavy atom. The van der Waals surface area contributed by atoms with Crippen LogP contribution in [0.15, 0.2) is 78.9 Å². The van der Waals surface area contributed by atoms with Crippen molar-refractivity contribution in [3.05, 3.63) is 84.4 Å². The summed E-state index contributed by atoms with van der Waals surface area (Å²) in [5.41, 5.74) is 13.2. The lowest BCUT2D eigenvalue weighted by Gasteiger charge is -2.41. The van der Waals surface area contributed by atoms with Crippen LogP contribution in [-0.4, -0.2) is 17.3 Å². The molecule has 4 aliphatic rings. The largest absolute Gasteiger partial charge is 0.338 e. The first kappa shape index (κ1) is 17.1. The molecule has 4 aromatic carbocycles. The van der Waals surface area contributed by atoms with Gasteiger partial charge in [0.2, 0.25) is 0 Å². The standard InChI is InChI=1S/C30H23BN2/c1-3-14-24-18(8-1)20-10-5-12-22-29(20)32(24)26-16-7-17-27-28(26)31(22)23-13-6-11-21-19-9-2-4-15-25(19)33(27)30(21)23/h1,3,5-8,10-14,16-17,19,25H,2,4,9,15H2. The van der Waals surface area contributed by atoms with E-state index in [1.807, 2.05) is 0 Å². The van der Waals surface area contributed by atoms with Crippen LogP contribution in [0.25, 0.3) is 27.5 Å². The Balaban J connectivity index is 1.48. The van der Waals surface area contributed by atoms with Gasteiger partial charge in [-0.3, -0.25) is 0 Å². The number of para-hydroxylation sites is 3. The first-order valence-corrected chi connectivity index (χ1v) is 12.5. The molecule has 1 aromatic heterocycles. The van der Waals surface area contributed by atoms with E-state index >= 15 is 0 Å². The summed E-state index contributed by atoms with van der Waals surface area (Å²) in [6, 6.07) is 30.8. The maximum atomic E-state index is 2.76. The van der Waals surface area contributed by atoms with E-state index in [4.69, 9.17) is 0 Å². The van der Waals surface area contributed by atoms with E-state index in [0.717, 1.165) is 0 Å². The van der Waals surface area contributed by atoms with E-state index in [2.05, 4.69) is 88.3 Å². The summed E-state index contributed by atoms with van der Waals surface area (Å²) in [7, 11) is 0. The van der Waals surface area contributed by atoms with E-state index in [0.29, 0.717) is 18.7 Å². The summed E-state index contributed by atoms with van der Waals surface area (Å²) in [4.78, 5) is 2.76. The lowest BCUT2D eigenvalue weighted by molar-refractivity contribution is 0.402. The lowest BCUT2D eigenvalue weighted by atomic mass is 9.34. The van der Waals surface area contributed by atoms with Crippen molar-refractivity contribution in [2.24, 2.45) is 0 Å². The van der Waals surface area contributed by atoms with Gasteiger partial charge >= 0.3 is 0 Å². The molecule has 0 bridgehead atoms. The van der Waals surface area contributed by atoms with Gasteiger partial charge in [0.05, 0.1) is 5.52 Å². The van der Waals surface area contributed by atoms with Crippen LogP contribution < -0.4 is 21.3 Å². The second-order valence-corrected chi connectivity index (χ2v) is 10.4. The van der Waals surface area contributed by atoms with Crippen LogP contribution in [0, 0.1) is 0 Å². The van der Waals surface area contributed by atoms with Gasteiger partial charge in [0, 0.05) is 45.3 Å². The zero-order valence-electron chi connectivity index (χ0n) is 18.5. The molecule has 1 aliphatic carbocycles. The Bertz CT molecular complexity index is 1660. The van der Waals surface area contributed by atoms with E-state index in [1.165, 1.54) is 80.9 Å². The highest BCUT2D eigenvalue weighted by molar-refractivity contribution is 7.00. The van der Waals surface area contributed by atoms with E-state index in [1.54, 1.807) is 5.56 Å².